The Morgan fingerprint density at radius 2 is 1.95 bits per heavy atom. The van der Waals surface area contributed by atoms with Crippen LogP contribution in [0, 0.1) is 0 Å². The van der Waals surface area contributed by atoms with E-state index in [0.29, 0.717) is 32.8 Å². The lowest BCUT2D eigenvalue weighted by molar-refractivity contribution is -0.136. The van der Waals surface area contributed by atoms with E-state index in [1.54, 1.807) is 9.80 Å². The third kappa shape index (κ3) is 2.33. The van der Waals surface area contributed by atoms with E-state index < -0.39 is 0 Å². The lowest BCUT2D eigenvalue weighted by Crippen LogP contribution is -2.45. The van der Waals surface area contributed by atoms with Crippen molar-refractivity contribution in [3.05, 3.63) is 35.4 Å². The number of benzene rings is 1. The van der Waals surface area contributed by atoms with Gasteiger partial charge in [-0.25, -0.2) is 0 Å². The molecule has 0 radical (unpaired) electrons. The minimum Gasteiger partial charge on any atom is -0.378 e. The zero-order chi connectivity index (χ0) is 13.2. The van der Waals surface area contributed by atoms with Gasteiger partial charge in [0, 0.05) is 25.2 Å². The summed E-state index contributed by atoms with van der Waals surface area (Å²) in [5.74, 6) is -0.0401. The predicted molar refractivity (Wildman–Crippen MR) is 68.6 cm³/mol. The molecule has 1 aromatic rings. The van der Waals surface area contributed by atoms with Gasteiger partial charge < -0.3 is 14.5 Å². The van der Waals surface area contributed by atoms with Crippen molar-refractivity contribution < 1.29 is 14.3 Å². The number of morpholine rings is 1. The molecule has 0 aromatic heterocycles. The summed E-state index contributed by atoms with van der Waals surface area (Å²) >= 11 is 0. The van der Waals surface area contributed by atoms with E-state index in [-0.39, 0.29) is 18.4 Å². The number of hydrogen-bond acceptors (Lipinski definition) is 3. The van der Waals surface area contributed by atoms with Crippen molar-refractivity contribution in [3.63, 3.8) is 0 Å². The van der Waals surface area contributed by atoms with Crippen LogP contribution >= 0.6 is 0 Å². The van der Waals surface area contributed by atoms with Gasteiger partial charge in [0.2, 0.25) is 5.91 Å². The van der Waals surface area contributed by atoms with Crippen LogP contribution in [0.2, 0.25) is 0 Å². The van der Waals surface area contributed by atoms with Gasteiger partial charge in [-0.2, -0.15) is 0 Å². The summed E-state index contributed by atoms with van der Waals surface area (Å²) in [7, 11) is 0. The Bertz CT molecular complexity index is 509. The smallest absolute Gasteiger partial charge is 0.254 e. The summed E-state index contributed by atoms with van der Waals surface area (Å²) in [5, 5.41) is 0. The van der Waals surface area contributed by atoms with Crippen LogP contribution in [0.3, 0.4) is 0 Å². The second kappa shape index (κ2) is 5.01. The van der Waals surface area contributed by atoms with E-state index in [4.69, 9.17) is 4.74 Å². The summed E-state index contributed by atoms with van der Waals surface area (Å²) < 4.78 is 5.22. The molecule has 0 saturated carbocycles. The Hall–Kier alpha value is -1.88. The fraction of sp³-hybridized carbons (Fsp3) is 0.429. The number of amides is 2. The van der Waals surface area contributed by atoms with E-state index in [1.165, 1.54) is 0 Å². The van der Waals surface area contributed by atoms with Gasteiger partial charge in [-0.3, -0.25) is 9.59 Å². The van der Waals surface area contributed by atoms with Crippen LogP contribution < -0.4 is 0 Å². The maximum absolute atomic E-state index is 12.1. The van der Waals surface area contributed by atoms with E-state index in [9.17, 15) is 9.59 Å². The van der Waals surface area contributed by atoms with Crippen molar-refractivity contribution in [1.82, 2.24) is 9.80 Å². The van der Waals surface area contributed by atoms with E-state index in [0.717, 1.165) is 11.1 Å². The molecule has 1 aromatic carbocycles. The molecule has 2 amide bonds. The topological polar surface area (TPSA) is 49.9 Å². The first-order chi connectivity index (χ1) is 9.25. The van der Waals surface area contributed by atoms with Gasteiger partial charge in [-0.05, 0) is 11.6 Å². The zero-order valence-corrected chi connectivity index (χ0v) is 10.7. The Morgan fingerprint density at radius 1 is 1.21 bits per heavy atom. The molecular formula is C14H16N2O3. The third-order valence-corrected chi connectivity index (χ3v) is 3.59. The second-order valence-corrected chi connectivity index (χ2v) is 4.81. The molecule has 19 heavy (non-hydrogen) atoms. The zero-order valence-electron chi connectivity index (χ0n) is 10.7. The molecule has 3 rings (SSSR count). The molecule has 0 aliphatic carbocycles. The second-order valence-electron chi connectivity index (χ2n) is 4.81. The van der Waals surface area contributed by atoms with Crippen LogP contribution in [0.4, 0.5) is 0 Å². The first-order valence-electron chi connectivity index (χ1n) is 6.48. The predicted octanol–water partition coefficient (Wildman–Crippen LogP) is 0.501. The minimum atomic E-state index is -0.0443. The highest BCUT2D eigenvalue weighted by molar-refractivity contribution is 6.00. The summed E-state index contributed by atoms with van der Waals surface area (Å²) in [5.41, 5.74) is 1.72. The maximum atomic E-state index is 12.1. The number of rotatable bonds is 2. The molecule has 5 heteroatoms. The van der Waals surface area contributed by atoms with Crippen LogP contribution in [0.25, 0.3) is 0 Å². The molecule has 0 atom stereocenters. The highest BCUT2D eigenvalue weighted by Gasteiger charge is 2.29. The number of carbonyl (C=O) groups is 2. The van der Waals surface area contributed by atoms with Crippen LogP contribution in [-0.2, 0) is 16.1 Å². The molecule has 2 heterocycles. The van der Waals surface area contributed by atoms with Gasteiger partial charge in [0.15, 0.2) is 0 Å². The first-order valence-corrected chi connectivity index (χ1v) is 6.48. The van der Waals surface area contributed by atoms with Gasteiger partial charge in [-0.15, -0.1) is 0 Å². The van der Waals surface area contributed by atoms with Crippen molar-refractivity contribution in [2.75, 3.05) is 32.8 Å². The Labute approximate surface area is 111 Å². The molecule has 100 valence electrons. The van der Waals surface area contributed by atoms with Crippen LogP contribution in [0.5, 0.6) is 0 Å². The van der Waals surface area contributed by atoms with Crippen molar-refractivity contribution in [2.45, 2.75) is 6.54 Å². The monoisotopic (exact) mass is 260 g/mol. The lowest BCUT2D eigenvalue weighted by atomic mass is 10.1. The van der Waals surface area contributed by atoms with Gasteiger partial charge in [-0.1, -0.05) is 18.2 Å². The van der Waals surface area contributed by atoms with E-state index >= 15 is 0 Å². The van der Waals surface area contributed by atoms with Crippen LogP contribution in [-0.4, -0.2) is 54.5 Å². The molecule has 1 fully saturated rings. The molecule has 0 bridgehead atoms. The Morgan fingerprint density at radius 3 is 2.68 bits per heavy atom. The first kappa shape index (κ1) is 12.2. The number of nitrogens with zero attached hydrogens (tertiary/aromatic N) is 2. The summed E-state index contributed by atoms with van der Waals surface area (Å²) in [6.07, 6.45) is 0. The number of carbonyl (C=O) groups excluding carboxylic acids is 2. The molecule has 5 nitrogen and oxygen atoms in total. The SMILES string of the molecule is O=C(CN1Cc2ccccc2C1=O)N1CCOCC1. The average molecular weight is 260 g/mol. The fourth-order valence-corrected chi connectivity index (χ4v) is 2.52. The maximum Gasteiger partial charge on any atom is 0.254 e. The molecule has 2 aliphatic heterocycles. The largest absolute Gasteiger partial charge is 0.378 e. The molecular weight excluding hydrogens is 244 g/mol. The van der Waals surface area contributed by atoms with Crippen LogP contribution in [0.1, 0.15) is 15.9 Å². The van der Waals surface area contributed by atoms with Crippen molar-refractivity contribution in [3.8, 4) is 0 Å². The van der Waals surface area contributed by atoms with Crippen LogP contribution in [0.15, 0.2) is 24.3 Å². The number of ether oxygens (including phenoxy) is 1. The van der Waals surface area contributed by atoms with Gasteiger partial charge >= 0.3 is 0 Å². The van der Waals surface area contributed by atoms with Crippen molar-refractivity contribution >= 4 is 11.8 Å². The normalized spacial score (nSPS) is 18.6. The molecule has 0 N–H and O–H groups in total. The summed E-state index contributed by atoms with van der Waals surface area (Å²) in [4.78, 5) is 27.6. The van der Waals surface area contributed by atoms with E-state index in [2.05, 4.69) is 0 Å². The fourth-order valence-electron chi connectivity index (χ4n) is 2.52. The highest BCUT2D eigenvalue weighted by Crippen LogP contribution is 2.22. The minimum absolute atomic E-state index is 0.00413. The Kier molecular flexibility index (Phi) is 3.21. The molecule has 0 unspecified atom stereocenters. The number of hydrogen-bond donors (Lipinski definition) is 0. The van der Waals surface area contributed by atoms with E-state index in [1.807, 2.05) is 24.3 Å². The lowest BCUT2D eigenvalue weighted by Gasteiger charge is -2.28. The van der Waals surface area contributed by atoms with Gasteiger partial charge in [0.05, 0.1) is 13.2 Å². The van der Waals surface area contributed by atoms with Gasteiger partial charge in [0.25, 0.3) is 5.91 Å². The standard InChI is InChI=1S/C14H16N2O3/c17-13(15-5-7-19-8-6-15)10-16-9-11-3-1-2-4-12(11)14(16)18/h1-4H,5-10H2. The third-order valence-electron chi connectivity index (χ3n) is 3.59. The summed E-state index contributed by atoms with van der Waals surface area (Å²) in [6.45, 7) is 3.10. The molecule has 1 saturated heterocycles. The quantitative estimate of drug-likeness (QED) is 0.778. The number of fused-ring (bicyclic) bond motifs is 1. The Balaban J connectivity index is 1.66. The molecule has 2 aliphatic rings. The molecule has 0 spiro atoms. The average Bonchev–Trinajstić information content (AvgIpc) is 2.77. The summed E-state index contributed by atoms with van der Waals surface area (Å²) in [6, 6.07) is 7.52. The highest BCUT2D eigenvalue weighted by atomic mass is 16.5. The van der Waals surface area contributed by atoms with Crippen molar-refractivity contribution in [2.24, 2.45) is 0 Å². The van der Waals surface area contributed by atoms with Gasteiger partial charge in [0.1, 0.15) is 6.54 Å². The van der Waals surface area contributed by atoms with Crippen molar-refractivity contribution in [1.29, 1.82) is 0 Å².